The Bertz CT molecular complexity index is 930. The van der Waals surface area contributed by atoms with Crippen LogP contribution in [-0.4, -0.2) is 63.2 Å². The molecule has 1 saturated heterocycles. The van der Waals surface area contributed by atoms with Gasteiger partial charge in [0, 0.05) is 57.6 Å². The van der Waals surface area contributed by atoms with Gasteiger partial charge in [-0.2, -0.15) is 0 Å². The van der Waals surface area contributed by atoms with E-state index in [-0.39, 0.29) is 29.9 Å². The second-order valence-corrected chi connectivity index (χ2v) is 7.88. The molecule has 0 saturated carbocycles. The fourth-order valence-electron chi connectivity index (χ4n) is 4.10. The fraction of sp³-hybridized carbons (Fsp3) is 0.417. The van der Waals surface area contributed by atoms with Crippen LogP contribution in [-0.2, 0) is 22.5 Å². The van der Waals surface area contributed by atoms with Gasteiger partial charge in [-0.05, 0) is 35.7 Å². The zero-order chi connectivity index (χ0) is 21.5. The van der Waals surface area contributed by atoms with Gasteiger partial charge in [-0.25, -0.2) is 0 Å². The Balaban J connectivity index is 0.00000289. The van der Waals surface area contributed by atoms with Gasteiger partial charge in [0.1, 0.15) is 0 Å². The lowest BCUT2D eigenvalue weighted by atomic mass is 10.2. The minimum absolute atomic E-state index is 0. The number of ether oxygens (including phenoxy) is 1. The summed E-state index contributed by atoms with van der Waals surface area (Å²) in [6.07, 6.45) is 1.52. The molecule has 0 unspecified atom stereocenters. The standard InChI is InChI=1S/C24H31N5O2.HI/c1-25-24(29-12-9-20-6-2-3-8-22(20)29)26-18-19-5-4-7-21(17-19)27-23(30)10-11-28-13-15-31-16-14-28;/h2-8,17H,9-16,18H2,1H3,(H,25,26)(H,27,30);1H. The Morgan fingerprint density at radius 1 is 1.09 bits per heavy atom. The Hall–Kier alpha value is -2.17. The van der Waals surface area contributed by atoms with Crippen molar-refractivity contribution < 1.29 is 9.53 Å². The van der Waals surface area contributed by atoms with Crippen molar-refractivity contribution in [3.05, 3.63) is 59.7 Å². The number of carbonyl (C=O) groups excluding carboxylic acids is 1. The number of fused-ring (bicyclic) bond motifs is 1. The van der Waals surface area contributed by atoms with E-state index in [0.29, 0.717) is 13.0 Å². The fourth-order valence-corrected chi connectivity index (χ4v) is 4.10. The third kappa shape index (κ3) is 6.43. The lowest BCUT2D eigenvalue weighted by Gasteiger charge is -2.26. The van der Waals surface area contributed by atoms with Crippen LogP contribution in [0.4, 0.5) is 11.4 Å². The highest BCUT2D eigenvalue weighted by atomic mass is 127. The number of anilines is 2. The van der Waals surface area contributed by atoms with Crippen molar-refractivity contribution in [2.75, 3.05) is 56.7 Å². The second kappa shape index (κ2) is 12.2. The minimum atomic E-state index is 0. The van der Waals surface area contributed by atoms with Gasteiger partial charge in [0.25, 0.3) is 0 Å². The number of aliphatic imine (C=N–C) groups is 1. The summed E-state index contributed by atoms with van der Waals surface area (Å²) in [6, 6.07) is 16.4. The van der Waals surface area contributed by atoms with E-state index in [1.54, 1.807) is 0 Å². The van der Waals surface area contributed by atoms with Crippen LogP contribution in [0.1, 0.15) is 17.5 Å². The van der Waals surface area contributed by atoms with Crippen molar-refractivity contribution in [3.63, 3.8) is 0 Å². The third-order valence-electron chi connectivity index (χ3n) is 5.77. The molecule has 0 spiro atoms. The van der Waals surface area contributed by atoms with Crippen molar-refractivity contribution in [1.82, 2.24) is 10.2 Å². The normalized spacial score (nSPS) is 16.3. The van der Waals surface area contributed by atoms with E-state index in [1.165, 1.54) is 11.3 Å². The number of nitrogens with zero attached hydrogens (tertiary/aromatic N) is 3. The molecule has 2 aliphatic rings. The van der Waals surface area contributed by atoms with E-state index in [2.05, 4.69) is 55.8 Å². The van der Waals surface area contributed by atoms with Gasteiger partial charge < -0.3 is 20.3 Å². The summed E-state index contributed by atoms with van der Waals surface area (Å²) in [4.78, 5) is 21.3. The molecule has 0 aliphatic carbocycles. The summed E-state index contributed by atoms with van der Waals surface area (Å²) in [7, 11) is 1.81. The largest absolute Gasteiger partial charge is 0.379 e. The molecule has 2 aromatic rings. The van der Waals surface area contributed by atoms with Crippen LogP contribution < -0.4 is 15.5 Å². The first-order valence-electron chi connectivity index (χ1n) is 11.0. The number of guanidine groups is 1. The minimum Gasteiger partial charge on any atom is -0.379 e. The van der Waals surface area contributed by atoms with Crippen LogP contribution in [0.2, 0.25) is 0 Å². The summed E-state index contributed by atoms with van der Waals surface area (Å²) in [5.74, 6) is 0.908. The highest BCUT2D eigenvalue weighted by molar-refractivity contribution is 14.0. The Kier molecular flexibility index (Phi) is 9.31. The van der Waals surface area contributed by atoms with Crippen molar-refractivity contribution in [2.24, 2.45) is 4.99 Å². The molecular formula is C24H32IN5O2. The molecular weight excluding hydrogens is 517 g/mol. The van der Waals surface area contributed by atoms with E-state index in [4.69, 9.17) is 4.74 Å². The van der Waals surface area contributed by atoms with Crippen LogP contribution in [0.25, 0.3) is 0 Å². The molecule has 7 nitrogen and oxygen atoms in total. The molecule has 0 atom stereocenters. The number of hydrogen-bond acceptors (Lipinski definition) is 4. The quantitative estimate of drug-likeness (QED) is 0.330. The number of para-hydroxylation sites is 1. The number of benzene rings is 2. The molecule has 2 aliphatic heterocycles. The van der Waals surface area contributed by atoms with Gasteiger partial charge >= 0.3 is 0 Å². The topological polar surface area (TPSA) is 69.2 Å². The zero-order valence-electron chi connectivity index (χ0n) is 18.5. The molecule has 1 fully saturated rings. The van der Waals surface area contributed by atoms with E-state index in [9.17, 15) is 4.79 Å². The highest BCUT2D eigenvalue weighted by Crippen LogP contribution is 2.27. The average molecular weight is 549 g/mol. The summed E-state index contributed by atoms with van der Waals surface area (Å²) in [5, 5.41) is 6.49. The van der Waals surface area contributed by atoms with Crippen LogP contribution in [0.15, 0.2) is 53.5 Å². The Morgan fingerprint density at radius 2 is 1.91 bits per heavy atom. The van der Waals surface area contributed by atoms with Crippen LogP contribution in [0.3, 0.4) is 0 Å². The van der Waals surface area contributed by atoms with Gasteiger partial charge in [0.2, 0.25) is 5.91 Å². The molecule has 2 aromatic carbocycles. The highest BCUT2D eigenvalue weighted by Gasteiger charge is 2.22. The molecule has 2 heterocycles. The van der Waals surface area contributed by atoms with E-state index in [1.807, 2.05) is 25.2 Å². The second-order valence-electron chi connectivity index (χ2n) is 7.88. The van der Waals surface area contributed by atoms with E-state index >= 15 is 0 Å². The molecule has 32 heavy (non-hydrogen) atoms. The zero-order valence-corrected chi connectivity index (χ0v) is 20.9. The van der Waals surface area contributed by atoms with Crippen LogP contribution >= 0.6 is 24.0 Å². The monoisotopic (exact) mass is 549 g/mol. The maximum atomic E-state index is 12.4. The molecule has 0 bridgehead atoms. The van der Waals surface area contributed by atoms with Crippen LogP contribution in [0, 0.1) is 0 Å². The molecule has 2 N–H and O–H groups in total. The number of halogens is 1. The predicted octanol–water partition coefficient (Wildman–Crippen LogP) is 3.10. The number of nitrogens with one attached hydrogen (secondary N) is 2. The van der Waals surface area contributed by atoms with Crippen molar-refractivity contribution in [3.8, 4) is 0 Å². The van der Waals surface area contributed by atoms with E-state index in [0.717, 1.165) is 63.0 Å². The van der Waals surface area contributed by atoms with Gasteiger partial charge in [0.15, 0.2) is 5.96 Å². The van der Waals surface area contributed by atoms with E-state index < -0.39 is 0 Å². The first-order valence-corrected chi connectivity index (χ1v) is 11.0. The molecule has 4 rings (SSSR count). The summed E-state index contributed by atoms with van der Waals surface area (Å²) < 4.78 is 5.35. The van der Waals surface area contributed by atoms with Gasteiger partial charge in [-0.1, -0.05) is 30.3 Å². The first-order chi connectivity index (χ1) is 15.2. The van der Waals surface area contributed by atoms with Gasteiger partial charge in [0.05, 0.1) is 13.2 Å². The summed E-state index contributed by atoms with van der Waals surface area (Å²) in [6.45, 7) is 5.64. The number of carbonyl (C=O) groups is 1. The number of rotatable bonds is 6. The maximum Gasteiger partial charge on any atom is 0.225 e. The average Bonchev–Trinajstić information content (AvgIpc) is 3.23. The molecule has 0 radical (unpaired) electrons. The summed E-state index contributed by atoms with van der Waals surface area (Å²) >= 11 is 0. The lowest BCUT2D eigenvalue weighted by Crippen LogP contribution is -2.40. The number of hydrogen-bond donors (Lipinski definition) is 2. The first kappa shape index (κ1) is 24.5. The predicted molar refractivity (Wildman–Crippen MR) is 140 cm³/mol. The van der Waals surface area contributed by atoms with Gasteiger partial charge in [-0.15, -0.1) is 24.0 Å². The number of amides is 1. The summed E-state index contributed by atoms with van der Waals surface area (Å²) in [5.41, 5.74) is 4.50. The molecule has 1 amide bonds. The molecule has 172 valence electrons. The number of morpholine rings is 1. The van der Waals surface area contributed by atoms with Crippen molar-refractivity contribution >= 4 is 47.2 Å². The lowest BCUT2D eigenvalue weighted by molar-refractivity contribution is -0.116. The van der Waals surface area contributed by atoms with Gasteiger partial charge in [-0.3, -0.25) is 14.7 Å². The van der Waals surface area contributed by atoms with Crippen molar-refractivity contribution in [2.45, 2.75) is 19.4 Å². The molecule has 0 aromatic heterocycles. The Morgan fingerprint density at radius 3 is 2.72 bits per heavy atom. The van der Waals surface area contributed by atoms with Crippen molar-refractivity contribution in [1.29, 1.82) is 0 Å². The smallest absolute Gasteiger partial charge is 0.225 e. The molecule has 8 heteroatoms. The maximum absolute atomic E-state index is 12.4. The van der Waals surface area contributed by atoms with Crippen LogP contribution in [0.5, 0.6) is 0 Å². The third-order valence-corrected chi connectivity index (χ3v) is 5.77. The Labute approximate surface area is 207 Å². The SMILES string of the molecule is CN=C(NCc1cccc(NC(=O)CCN2CCOCC2)c1)N1CCc2ccccc21.I.